The molecular weight excluding hydrogens is 322 g/mol. The van der Waals surface area contributed by atoms with Crippen LogP contribution >= 0.6 is 0 Å². The summed E-state index contributed by atoms with van der Waals surface area (Å²) in [5.41, 5.74) is 0.571. The van der Waals surface area contributed by atoms with E-state index in [0.717, 1.165) is 6.54 Å². The summed E-state index contributed by atoms with van der Waals surface area (Å²) >= 11 is 0. The Kier molecular flexibility index (Phi) is 5.35. The van der Waals surface area contributed by atoms with Crippen molar-refractivity contribution in [2.45, 2.75) is 13.0 Å². The van der Waals surface area contributed by atoms with E-state index in [1.54, 1.807) is 41.3 Å². The third-order valence-electron chi connectivity index (χ3n) is 3.92. The van der Waals surface area contributed by atoms with Crippen molar-refractivity contribution in [2.75, 3.05) is 31.6 Å². The second-order valence-corrected chi connectivity index (χ2v) is 5.94. The number of hydrogen-bond donors (Lipinski definition) is 2. The van der Waals surface area contributed by atoms with Gasteiger partial charge in [0.05, 0.1) is 6.26 Å². The number of ether oxygens (including phenoxy) is 1. The van der Waals surface area contributed by atoms with E-state index in [1.807, 2.05) is 6.92 Å². The largest absolute Gasteiger partial charge is 0.484 e. The molecule has 2 aromatic rings. The minimum atomic E-state index is -0.340. The van der Waals surface area contributed by atoms with Gasteiger partial charge in [0.25, 0.3) is 11.8 Å². The molecule has 0 radical (unpaired) electrons. The molecule has 132 valence electrons. The number of piperazine rings is 1. The molecule has 2 heterocycles. The molecular formula is C18H21N3O4. The lowest BCUT2D eigenvalue weighted by atomic mass is 10.2. The SMILES string of the molecule is CC1CN(C(=O)COc2cccc(NC(=O)c3ccco3)c2)CCN1. The lowest BCUT2D eigenvalue weighted by molar-refractivity contribution is -0.134. The van der Waals surface area contributed by atoms with Gasteiger partial charge in [-0.1, -0.05) is 6.07 Å². The van der Waals surface area contributed by atoms with Crippen molar-refractivity contribution in [3.05, 3.63) is 48.4 Å². The van der Waals surface area contributed by atoms with Crippen molar-refractivity contribution in [1.82, 2.24) is 10.2 Å². The molecule has 2 amide bonds. The van der Waals surface area contributed by atoms with Crippen LogP contribution in [0.25, 0.3) is 0 Å². The third-order valence-corrected chi connectivity index (χ3v) is 3.92. The Morgan fingerprint density at radius 1 is 1.36 bits per heavy atom. The predicted molar refractivity (Wildman–Crippen MR) is 92.6 cm³/mol. The zero-order valence-corrected chi connectivity index (χ0v) is 14.0. The molecule has 0 saturated carbocycles. The molecule has 3 rings (SSSR count). The lowest BCUT2D eigenvalue weighted by Crippen LogP contribution is -2.52. The van der Waals surface area contributed by atoms with Gasteiger partial charge in [-0.2, -0.15) is 0 Å². The van der Waals surface area contributed by atoms with Gasteiger partial charge in [0, 0.05) is 37.4 Å². The zero-order valence-electron chi connectivity index (χ0n) is 14.0. The average molecular weight is 343 g/mol. The van der Waals surface area contributed by atoms with Gasteiger partial charge in [0.1, 0.15) is 5.75 Å². The number of anilines is 1. The summed E-state index contributed by atoms with van der Waals surface area (Å²) in [6.07, 6.45) is 1.44. The Bertz CT molecular complexity index is 730. The van der Waals surface area contributed by atoms with Crippen molar-refractivity contribution >= 4 is 17.5 Å². The monoisotopic (exact) mass is 343 g/mol. The number of nitrogens with one attached hydrogen (secondary N) is 2. The predicted octanol–water partition coefficient (Wildman–Crippen LogP) is 1.73. The van der Waals surface area contributed by atoms with Crippen molar-refractivity contribution in [1.29, 1.82) is 0 Å². The first-order valence-electron chi connectivity index (χ1n) is 8.21. The summed E-state index contributed by atoms with van der Waals surface area (Å²) in [4.78, 5) is 26.0. The Labute approximate surface area is 145 Å². The number of rotatable bonds is 5. The molecule has 1 aromatic heterocycles. The second kappa shape index (κ2) is 7.85. The quantitative estimate of drug-likeness (QED) is 0.864. The number of amides is 2. The Balaban J connectivity index is 1.54. The number of hydrogen-bond acceptors (Lipinski definition) is 5. The first kappa shape index (κ1) is 17.0. The van der Waals surface area contributed by atoms with Crippen molar-refractivity contribution in [3.8, 4) is 5.75 Å². The van der Waals surface area contributed by atoms with Crippen molar-refractivity contribution in [3.63, 3.8) is 0 Å². The molecule has 1 fully saturated rings. The van der Waals surface area contributed by atoms with E-state index in [2.05, 4.69) is 10.6 Å². The maximum atomic E-state index is 12.2. The van der Waals surface area contributed by atoms with Gasteiger partial charge >= 0.3 is 0 Å². The van der Waals surface area contributed by atoms with Crippen molar-refractivity contribution in [2.24, 2.45) is 0 Å². The first-order valence-corrected chi connectivity index (χ1v) is 8.21. The molecule has 1 saturated heterocycles. The van der Waals surface area contributed by atoms with Crippen LogP contribution in [0.4, 0.5) is 5.69 Å². The fraction of sp³-hybridized carbons (Fsp3) is 0.333. The topological polar surface area (TPSA) is 83.8 Å². The van der Waals surface area contributed by atoms with Crippen LogP contribution in [-0.4, -0.2) is 49.0 Å². The van der Waals surface area contributed by atoms with Gasteiger partial charge in [0.15, 0.2) is 12.4 Å². The normalized spacial score (nSPS) is 17.2. The highest BCUT2D eigenvalue weighted by Crippen LogP contribution is 2.18. The van der Waals surface area contributed by atoms with E-state index in [0.29, 0.717) is 24.5 Å². The molecule has 1 aliphatic rings. The number of carbonyl (C=O) groups excluding carboxylic acids is 2. The number of carbonyl (C=O) groups is 2. The van der Waals surface area contributed by atoms with Gasteiger partial charge in [-0.05, 0) is 31.2 Å². The third kappa shape index (κ3) is 4.60. The smallest absolute Gasteiger partial charge is 0.291 e. The van der Waals surface area contributed by atoms with Crippen LogP contribution in [0.1, 0.15) is 17.5 Å². The molecule has 1 unspecified atom stereocenters. The zero-order chi connectivity index (χ0) is 17.6. The van der Waals surface area contributed by atoms with Crippen LogP contribution in [0.15, 0.2) is 47.1 Å². The van der Waals surface area contributed by atoms with E-state index in [-0.39, 0.29) is 30.2 Å². The molecule has 1 atom stereocenters. The van der Waals surface area contributed by atoms with E-state index in [1.165, 1.54) is 6.26 Å². The summed E-state index contributed by atoms with van der Waals surface area (Å²) in [6.45, 7) is 4.18. The molecule has 1 aliphatic heterocycles. The van der Waals surface area contributed by atoms with E-state index in [4.69, 9.17) is 9.15 Å². The standard InChI is InChI=1S/C18H21N3O4/c1-13-11-21(8-7-19-13)17(22)12-25-15-5-2-4-14(10-15)20-18(23)16-6-3-9-24-16/h2-6,9-10,13,19H,7-8,11-12H2,1H3,(H,20,23). The molecule has 2 N–H and O–H groups in total. The molecule has 7 nitrogen and oxygen atoms in total. The van der Waals surface area contributed by atoms with Gasteiger partial charge in [-0.25, -0.2) is 0 Å². The Morgan fingerprint density at radius 2 is 2.24 bits per heavy atom. The molecule has 1 aromatic carbocycles. The summed E-state index contributed by atoms with van der Waals surface area (Å²) in [6, 6.07) is 10.4. The summed E-state index contributed by atoms with van der Waals surface area (Å²) in [5, 5.41) is 6.02. The van der Waals surface area contributed by atoms with Crippen molar-refractivity contribution < 1.29 is 18.7 Å². The van der Waals surface area contributed by atoms with Gasteiger partial charge in [-0.3, -0.25) is 9.59 Å². The number of nitrogens with zero attached hydrogens (tertiary/aromatic N) is 1. The van der Waals surface area contributed by atoms with Crippen LogP contribution in [0, 0.1) is 0 Å². The van der Waals surface area contributed by atoms with Crippen LogP contribution < -0.4 is 15.4 Å². The highest BCUT2D eigenvalue weighted by atomic mass is 16.5. The average Bonchev–Trinajstić information content (AvgIpc) is 3.15. The molecule has 0 spiro atoms. The van der Waals surface area contributed by atoms with E-state index in [9.17, 15) is 9.59 Å². The fourth-order valence-electron chi connectivity index (χ4n) is 2.66. The summed E-state index contributed by atoms with van der Waals surface area (Å²) in [7, 11) is 0. The molecule has 7 heteroatoms. The molecule has 25 heavy (non-hydrogen) atoms. The highest BCUT2D eigenvalue weighted by molar-refractivity contribution is 6.02. The van der Waals surface area contributed by atoms with E-state index < -0.39 is 0 Å². The van der Waals surface area contributed by atoms with Crippen LogP contribution in [-0.2, 0) is 4.79 Å². The van der Waals surface area contributed by atoms with Gasteiger partial charge in [0.2, 0.25) is 0 Å². The summed E-state index contributed by atoms with van der Waals surface area (Å²) in [5.74, 6) is 0.370. The number of benzene rings is 1. The molecule has 0 bridgehead atoms. The highest BCUT2D eigenvalue weighted by Gasteiger charge is 2.20. The van der Waals surface area contributed by atoms with E-state index >= 15 is 0 Å². The van der Waals surface area contributed by atoms with Gasteiger partial charge < -0.3 is 24.7 Å². The Hall–Kier alpha value is -2.80. The lowest BCUT2D eigenvalue weighted by Gasteiger charge is -2.31. The Morgan fingerprint density at radius 3 is 3.00 bits per heavy atom. The maximum absolute atomic E-state index is 12.2. The van der Waals surface area contributed by atoms with Crippen LogP contribution in [0.3, 0.4) is 0 Å². The first-order chi connectivity index (χ1) is 12.1. The molecule has 0 aliphatic carbocycles. The fourth-order valence-corrected chi connectivity index (χ4v) is 2.66. The second-order valence-electron chi connectivity index (χ2n) is 5.94. The number of furan rings is 1. The van der Waals surface area contributed by atoms with Crippen LogP contribution in [0.2, 0.25) is 0 Å². The van der Waals surface area contributed by atoms with Crippen LogP contribution in [0.5, 0.6) is 5.75 Å². The summed E-state index contributed by atoms with van der Waals surface area (Å²) < 4.78 is 10.6. The minimum absolute atomic E-state index is 0.0255. The maximum Gasteiger partial charge on any atom is 0.291 e. The minimum Gasteiger partial charge on any atom is -0.484 e. The van der Waals surface area contributed by atoms with Gasteiger partial charge in [-0.15, -0.1) is 0 Å².